The normalized spacial score (nSPS) is 18.6. The third-order valence-electron chi connectivity index (χ3n) is 3.67. The lowest BCUT2D eigenvalue weighted by molar-refractivity contribution is 0.0827. The fraction of sp³-hybridized carbons (Fsp3) is 0.600. The van der Waals surface area contributed by atoms with Crippen LogP contribution in [0.25, 0.3) is 0 Å². The molecule has 2 heterocycles. The number of nitrogens with one attached hydrogen (secondary N) is 2. The Balaban J connectivity index is 1.77. The van der Waals surface area contributed by atoms with Crippen LogP contribution in [-0.2, 0) is 0 Å². The monoisotopic (exact) mass is 276 g/mol. The minimum atomic E-state index is -0.0164. The summed E-state index contributed by atoms with van der Waals surface area (Å²) >= 11 is 0. The maximum absolute atomic E-state index is 11.7. The van der Waals surface area contributed by atoms with Crippen LogP contribution >= 0.6 is 0 Å². The van der Waals surface area contributed by atoms with Crippen LogP contribution in [0.1, 0.15) is 29.6 Å². The maximum atomic E-state index is 11.7. The summed E-state index contributed by atoms with van der Waals surface area (Å²) in [6.07, 6.45) is 5.39. The van der Waals surface area contributed by atoms with Crippen molar-refractivity contribution in [2.75, 3.05) is 39.0 Å². The number of hydrogen-bond acceptors (Lipinski definition) is 4. The van der Waals surface area contributed by atoms with E-state index in [0.717, 1.165) is 37.8 Å². The first kappa shape index (κ1) is 14.8. The largest absolute Gasteiger partial charge is 0.370 e. The summed E-state index contributed by atoms with van der Waals surface area (Å²) in [5, 5.41) is 6.75. The molecule has 5 nitrogen and oxygen atoms in total. The predicted octanol–water partition coefficient (Wildman–Crippen LogP) is 1.58. The molecule has 20 heavy (non-hydrogen) atoms. The molecule has 110 valence electrons. The van der Waals surface area contributed by atoms with E-state index in [1.54, 1.807) is 25.2 Å². The molecule has 1 aromatic heterocycles. The minimum absolute atomic E-state index is 0.0164. The number of anilines is 1. The summed E-state index contributed by atoms with van der Waals surface area (Å²) in [6, 6.07) is 3.69. The Kier molecular flexibility index (Phi) is 5.35. The lowest BCUT2D eigenvalue weighted by atomic mass is 9.96. The van der Waals surface area contributed by atoms with Crippen LogP contribution < -0.4 is 10.6 Å². The van der Waals surface area contributed by atoms with Crippen molar-refractivity contribution < 1.29 is 4.79 Å². The number of carbonyl (C=O) groups excluding carboxylic acids is 1. The number of hydrogen-bond donors (Lipinski definition) is 2. The zero-order chi connectivity index (χ0) is 14.4. The average Bonchev–Trinajstić information content (AvgIpc) is 2.48. The molecule has 2 rings (SSSR count). The smallest absolute Gasteiger partial charge is 0.254 e. The van der Waals surface area contributed by atoms with E-state index < -0.39 is 0 Å². The van der Waals surface area contributed by atoms with E-state index in [1.807, 2.05) is 12.1 Å². The van der Waals surface area contributed by atoms with E-state index in [2.05, 4.69) is 15.6 Å². The van der Waals surface area contributed by atoms with Crippen molar-refractivity contribution in [1.82, 2.24) is 15.2 Å². The summed E-state index contributed by atoms with van der Waals surface area (Å²) in [5.74, 6) is 1.59. The molecule has 5 heteroatoms. The van der Waals surface area contributed by atoms with Gasteiger partial charge in [0.15, 0.2) is 0 Å². The Hall–Kier alpha value is -1.62. The fourth-order valence-corrected chi connectivity index (χ4v) is 2.46. The molecule has 0 aliphatic carbocycles. The molecule has 2 N–H and O–H groups in total. The Labute approximate surface area is 120 Å². The van der Waals surface area contributed by atoms with Crippen molar-refractivity contribution in [3.63, 3.8) is 0 Å². The Morgan fingerprint density at radius 1 is 1.50 bits per heavy atom. The molecule has 1 atom stereocenters. The Bertz CT molecular complexity index is 424. The molecule has 0 spiro atoms. The predicted molar refractivity (Wildman–Crippen MR) is 81.0 cm³/mol. The molecule has 1 aliphatic heterocycles. The standard InChI is InChI=1S/C15H24N4O/c1-19(2)15(20)13-5-6-14(18-11-13)17-9-7-12-4-3-8-16-10-12/h5-6,11-12,16H,3-4,7-10H2,1-2H3,(H,17,18). The van der Waals surface area contributed by atoms with Crippen molar-refractivity contribution in [2.24, 2.45) is 5.92 Å². The van der Waals surface area contributed by atoms with E-state index in [9.17, 15) is 4.79 Å². The first-order valence-corrected chi connectivity index (χ1v) is 7.29. The molecule has 0 bridgehead atoms. The molecular formula is C15H24N4O. The van der Waals surface area contributed by atoms with Crippen LogP contribution in [0.15, 0.2) is 18.3 Å². The number of pyridine rings is 1. The van der Waals surface area contributed by atoms with Crippen molar-refractivity contribution in [3.05, 3.63) is 23.9 Å². The molecule has 1 aromatic rings. The number of piperidine rings is 1. The highest BCUT2D eigenvalue weighted by Gasteiger charge is 2.12. The highest BCUT2D eigenvalue weighted by molar-refractivity contribution is 5.93. The van der Waals surface area contributed by atoms with Gasteiger partial charge in [-0.05, 0) is 50.4 Å². The number of aromatic nitrogens is 1. The maximum Gasteiger partial charge on any atom is 0.254 e. The summed E-state index contributed by atoms with van der Waals surface area (Å²) in [6.45, 7) is 3.22. The summed E-state index contributed by atoms with van der Waals surface area (Å²) in [7, 11) is 3.49. The number of nitrogens with zero attached hydrogens (tertiary/aromatic N) is 2. The summed E-state index contributed by atoms with van der Waals surface area (Å²) in [4.78, 5) is 17.6. The van der Waals surface area contributed by atoms with Gasteiger partial charge in [-0.1, -0.05) is 0 Å². The lowest BCUT2D eigenvalue weighted by Crippen LogP contribution is -2.30. The molecule has 0 saturated carbocycles. The Morgan fingerprint density at radius 2 is 2.35 bits per heavy atom. The number of amides is 1. The van der Waals surface area contributed by atoms with E-state index in [-0.39, 0.29) is 5.91 Å². The molecule has 1 unspecified atom stereocenters. The van der Waals surface area contributed by atoms with E-state index in [4.69, 9.17) is 0 Å². The SMILES string of the molecule is CN(C)C(=O)c1ccc(NCCC2CCCNC2)nc1. The molecule has 0 aromatic carbocycles. The molecule has 1 aliphatic rings. The second kappa shape index (κ2) is 7.24. The lowest BCUT2D eigenvalue weighted by Gasteiger charge is -2.22. The fourth-order valence-electron chi connectivity index (χ4n) is 2.46. The first-order chi connectivity index (χ1) is 9.66. The van der Waals surface area contributed by atoms with Gasteiger partial charge in [-0.15, -0.1) is 0 Å². The van der Waals surface area contributed by atoms with Crippen molar-refractivity contribution in [1.29, 1.82) is 0 Å². The second-order valence-corrected chi connectivity index (χ2v) is 5.56. The van der Waals surface area contributed by atoms with E-state index in [1.165, 1.54) is 12.8 Å². The van der Waals surface area contributed by atoms with Gasteiger partial charge in [0.25, 0.3) is 5.91 Å². The van der Waals surface area contributed by atoms with Gasteiger partial charge in [0.2, 0.25) is 0 Å². The Morgan fingerprint density at radius 3 is 2.95 bits per heavy atom. The van der Waals surface area contributed by atoms with Crippen molar-refractivity contribution in [2.45, 2.75) is 19.3 Å². The molecule has 1 amide bonds. The van der Waals surface area contributed by atoms with Gasteiger partial charge in [0.1, 0.15) is 5.82 Å². The third kappa shape index (κ3) is 4.20. The first-order valence-electron chi connectivity index (χ1n) is 7.29. The molecule has 1 fully saturated rings. The zero-order valence-corrected chi connectivity index (χ0v) is 12.4. The van der Waals surface area contributed by atoms with Crippen molar-refractivity contribution in [3.8, 4) is 0 Å². The summed E-state index contributed by atoms with van der Waals surface area (Å²) < 4.78 is 0. The van der Waals surface area contributed by atoms with Gasteiger partial charge in [-0.3, -0.25) is 4.79 Å². The average molecular weight is 276 g/mol. The highest BCUT2D eigenvalue weighted by atomic mass is 16.2. The van der Waals surface area contributed by atoms with Gasteiger partial charge in [0.05, 0.1) is 5.56 Å². The summed E-state index contributed by atoms with van der Waals surface area (Å²) in [5.41, 5.74) is 0.622. The topological polar surface area (TPSA) is 57.3 Å². The number of rotatable bonds is 5. The number of carbonyl (C=O) groups is 1. The minimum Gasteiger partial charge on any atom is -0.370 e. The van der Waals surface area contributed by atoms with Gasteiger partial charge < -0.3 is 15.5 Å². The molecule has 1 saturated heterocycles. The quantitative estimate of drug-likeness (QED) is 0.857. The van der Waals surface area contributed by atoms with E-state index in [0.29, 0.717) is 5.56 Å². The van der Waals surface area contributed by atoms with Crippen LogP contribution in [0.3, 0.4) is 0 Å². The van der Waals surface area contributed by atoms with Crippen LogP contribution in [0.2, 0.25) is 0 Å². The van der Waals surface area contributed by atoms with Gasteiger partial charge in [-0.25, -0.2) is 4.98 Å². The third-order valence-corrected chi connectivity index (χ3v) is 3.67. The zero-order valence-electron chi connectivity index (χ0n) is 12.4. The highest BCUT2D eigenvalue weighted by Crippen LogP contribution is 2.14. The molecule has 0 radical (unpaired) electrons. The van der Waals surface area contributed by atoms with Crippen LogP contribution in [0, 0.1) is 5.92 Å². The van der Waals surface area contributed by atoms with Crippen LogP contribution in [0.5, 0.6) is 0 Å². The van der Waals surface area contributed by atoms with Gasteiger partial charge in [-0.2, -0.15) is 0 Å². The second-order valence-electron chi connectivity index (χ2n) is 5.56. The van der Waals surface area contributed by atoms with Crippen LogP contribution in [-0.4, -0.2) is 49.5 Å². The van der Waals surface area contributed by atoms with Crippen LogP contribution in [0.4, 0.5) is 5.82 Å². The van der Waals surface area contributed by atoms with Gasteiger partial charge in [0, 0.05) is 26.8 Å². The molecular weight excluding hydrogens is 252 g/mol. The van der Waals surface area contributed by atoms with Crippen molar-refractivity contribution >= 4 is 11.7 Å². The van der Waals surface area contributed by atoms with Gasteiger partial charge >= 0.3 is 0 Å². The van der Waals surface area contributed by atoms with E-state index >= 15 is 0 Å².